The van der Waals surface area contributed by atoms with E-state index >= 15 is 0 Å². The monoisotopic (exact) mass is 371 g/mol. The van der Waals surface area contributed by atoms with Crippen LogP contribution in [0.15, 0.2) is 18.2 Å². The number of carboxylic acid groups (broad SMARTS) is 1. The Morgan fingerprint density at radius 1 is 1.42 bits per heavy atom. The number of likely N-dealkylation sites (N-methyl/N-ethyl adjacent to an activating group) is 1. The van der Waals surface area contributed by atoms with Crippen molar-refractivity contribution in [1.29, 1.82) is 0 Å². The average molecular weight is 371 g/mol. The normalized spacial score (nSPS) is 13.8. The van der Waals surface area contributed by atoms with Crippen molar-refractivity contribution in [3.8, 4) is 17.0 Å². The smallest absolute Gasteiger partial charge is 0.347 e. The van der Waals surface area contributed by atoms with Crippen LogP contribution >= 0.6 is 11.3 Å². The molecule has 7 nitrogen and oxygen atoms in total. The van der Waals surface area contributed by atoms with Crippen molar-refractivity contribution < 1.29 is 19.4 Å². The van der Waals surface area contributed by atoms with Crippen LogP contribution in [-0.2, 0) is 11.2 Å². The van der Waals surface area contributed by atoms with Gasteiger partial charge in [0, 0.05) is 18.3 Å². The number of aryl methyl sites for hydroxylation is 2. The Labute approximate surface area is 153 Å². The number of carbonyl (C=O) groups is 2. The van der Waals surface area contributed by atoms with Crippen molar-refractivity contribution in [2.24, 2.45) is 0 Å². The zero-order chi connectivity index (χ0) is 18.6. The van der Waals surface area contributed by atoms with E-state index in [1.54, 1.807) is 18.9 Å². The van der Waals surface area contributed by atoms with Gasteiger partial charge in [-0.2, -0.15) is 0 Å². The van der Waals surface area contributed by atoms with E-state index in [2.05, 4.69) is 4.98 Å². The quantitative estimate of drug-likeness (QED) is 0.765. The number of imidazole rings is 1. The molecule has 1 amide bonds. The summed E-state index contributed by atoms with van der Waals surface area (Å²) in [6, 6.07) is 5.66. The van der Waals surface area contributed by atoms with Crippen molar-refractivity contribution >= 4 is 33.9 Å². The molecule has 3 aromatic rings. The number of ether oxygens (including phenoxy) is 1. The molecule has 134 valence electrons. The van der Waals surface area contributed by atoms with E-state index in [1.807, 2.05) is 29.5 Å². The maximum absolute atomic E-state index is 11.9. The number of rotatable bonds is 3. The van der Waals surface area contributed by atoms with Crippen molar-refractivity contribution in [3.05, 3.63) is 34.5 Å². The van der Waals surface area contributed by atoms with Crippen LogP contribution in [0.5, 0.6) is 5.75 Å². The lowest BCUT2D eigenvalue weighted by Crippen LogP contribution is -2.35. The van der Waals surface area contributed by atoms with Gasteiger partial charge in [-0.1, -0.05) is 18.3 Å². The Kier molecular flexibility index (Phi) is 3.73. The molecule has 0 bridgehead atoms. The fourth-order valence-electron chi connectivity index (χ4n) is 3.29. The molecule has 0 saturated carbocycles. The molecule has 0 fully saturated rings. The second-order valence-corrected chi connectivity index (χ2v) is 7.10. The van der Waals surface area contributed by atoms with Gasteiger partial charge < -0.3 is 14.7 Å². The molecule has 1 aliphatic heterocycles. The third-order valence-corrected chi connectivity index (χ3v) is 5.78. The topological polar surface area (TPSA) is 84.1 Å². The largest absolute Gasteiger partial charge is 0.482 e. The molecule has 0 radical (unpaired) electrons. The number of fused-ring (bicyclic) bond motifs is 2. The molecule has 0 spiro atoms. The van der Waals surface area contributed by atoms with Crippen LogP contribution in [0.2, 0.25) is 0 Å². The molecule has 0 saturated heterocycles. The SMILES string of the molecule is CCc1c(-c2ccc3c(c2)N(C)C(=O)CO3)nc2sc(C(=O)O)c(C)n12. The highest BCUT2D eigenvalue weighted by Crippen LogP contribution is 2.37. The molecule has 0 aliphatic carbocycles. The zero-order valence-corrected chi connectivity index (χ0v) is 15.4. The van der Waals surface area contributed by atoms with Gasteiger partial charge in [0.2, 0.25) is 0 Å². The molecule has 8 heteroatoms. The predicted molar refractivity (Wildman–Crippen MR) is 98.5 cm³/mol. The van der Waals surface area contributed by atoms with E-state index in [4.69, 9.17) is 4.74 Å². The highest BCUT2D eigenvalue weighted by atomic mass is 32.1. The van der Waals surface area contributed by atoms with Crippen LogP contribution in [-0.4, -0.2) is 40.0 Å². The van der Waals surface area contributed by atoms with Crippen molar-refractivity contribution in [3.63, 3.8) is 0 Å². The summed E-state index contributed by atoms with van der Waals surface area (Å²) < 4.78 is 7.39. The van der Waals surface area contributed by atoms with Crippen LogP contribution in [0.3, 0.4) is 0 Å². The maximum atomic E-state index is 11.9. The maximum Gasteiger partial charge on any atom is 0.347 e. The fraction of sp³-hybridized carbons (Fsp3) is 0.278. The summed E-state index contributed by atoms with van der Waals surface area (Å²) in [6.45, 7) is 3.85. The van der Waals surface area contributed by atoms with E-state index < -0.39 is 5.97 Å². The first-order chi connectivity index (χ1) is 12.4. The minimum absolute atomic E-state index is 0.0421. The standard InChI is InChI=1S/C18H17N3O4S/c1-4-11-15(19-18-21(11)9(2)16(26-18)17(23)24)10-5-6-13-12(7-10)20(3)14(22)8-25-13/h5-7H,4,8H2,1-3H3,(H,23,24). The number of carboxylic acids is 1. The summed E-state index contributed by atoms with van der Waals surface area (Å²) in [5, 5.41) is 9.34. The molecule has 0 unspecified atom stereocenters. The van der Waals surface area contributed by atoms with E-state index in [0.29, 0.717) is 33.4 Å². The minimum Gasteiger partial charge on any atom is -0.482 e. The Balaban J connectivity index is 1.90. The first-order valence-electron chi connectivity index (χ1n) is 8.20. The molecule has 1 aromatic carbocycles. The van der Waals surface area contributed by atoms with Crippen LogP contribution in [0.25, 0.3) is 16.2 Å². The number of thiazole rings is 1. The third kappa shape index (κ3) is 2.29. The summed E-state index contributed by atoms with van der Waals surface area (Å²) in [6.07, 6.45) is 0.704. The summed E-state index contributed by atoms with van der Waals surface area (Å²) in [4.78, 5) is 30.5. The van der Waals surface area contributed by atoms with E-state index in [9.17, 15) is 14.7 Å². The number of carbonyl (C=O) groups excluding carboxylic acids is 1. The van der Waals surface area contributed by atoms with Gasteiger partial charge in [-0.05, 0) is 31.5 Å². The summed E-state index contributed by atoms with van der Waals surface area (Å²) >= 11 is 1.17. The van der Waals surface area contributed by atoms with Crippen molar-refractivity contribution in [2.75, 3.05) is 18.6 Å². The van der Waals surface area contributed by atoms with E-state index in [0.717, 1.165) is 17.0 Å². The van der Waals surface area contributed by atoms with Gasteiger partial charge in [0.1, 0.15) is 10.6 Å². The minimum atomic E-state index is -0.937. The first-order valence-corrected chi connectivity index (χ1v) is 9.01. The van der Waals surface area contributed by atoms with Crippen molar-refractivity contribution in [2.45, 2.75) is 20.3 Å². The highest BCUT2D eigenvalue weighted by molar-refractivity contribution is 7.19. The van der Waals surface area contributed by atoms with Gasteiger partial charge in [-0.3, -0.25) is 9.20 Å². The van der Waals surface area contributed by atoms with Crippen LogP contribution in [0.1, 0.15) is 28.0 Å². The number of aromatic nitrogens is 2. The number of amides is 1. The fourth-order valence-corrected chi connectivity index (χ4v) is 4.27. The van der Waals surface area contributed by atoms with Gasteiger partial charge in [-0.15, -0.1) is 0 Å². The second-order valence-electron chi connectivity index (χ2n) is 6.12. The highest BCUT2D eigenvalue weighted by Gasteiger charge is 2.25. The number of aromatic carboxylic acids is 1. The zero-order valence-electron chi connectivity index (χ0n) is 14.6. The lowest BCUT2D eigenvalue weighted by molar-refractivity contribution is -0.120. The molecule has 1 N–H and O–H groups in total. The van der Waals surface area contributed by atoms with Crippen molar-refractivity contribution in [1.82, 2.24) is 9.38 Å². The Hall–Kier alpha value is -2.87. The Bertz CT molecular complexity index is 1070. The number of hydrogen-bond donors (Lipinski definition) is 1. The predicted octanol–water partition coefficient (Wildman–Crippen LogP) is 2.99. The molecule has 26 heavy (non-hydrogen) atoms. The lowest BCUT2D eigenvalue weighted by atomic mass is 10.1. The van der Waals surface area contributed by atoms with Crippen LogP contribution in [0, 0.1) is 6.92 Å². The molecule has 0 atom stereocenters. The van der Waals surface area contributed by atoms with E-state index in [1.165, 1.54) is 11.3 Å². The number of hydrogen-bond acceptors (Lipinski definition) is 5. The summed E-state index contributed by atoms with van der Waals surface area (Å²) in [5.74, 6) is -0.370. The van der Waals surface area contributed by atoms with Gasteiger partial charge in [0.25, 0.3) is 5.91 Å². The molecular formula is C18H17N3O4S. The summed E-state index contributed by atoms with van der Waals surface area (Å²) in [7, 11) is 1.73. The van der Waals surface area contributed by atoms with Crippen LogP contribution < -0.4 is 9.64 Å². The van der Waals surface area contributed by atoms with Gasteiger partial charge in [0.05, 0.1) is 17.1 Å². The Morgan fingerprint density at radius 3 is 2.88 bits per heavy atom. The third-order valence-electron chi connectivity index (χ3n) is 4.65. The Morgan fingerprint density at radius 2 is 2.19 bits per heavy atom. The number of benzene rings is 1. The van der Waals surface area contributed by atoms with Gasteiger partial charge in [0.15, 0.2) is 11.6 Å². The first kappa shape index (κ1) is 16.6. The molecule has 2 aromatic heterocycles. The molecule has 4 rings (SSSR count). The van der Waals surface area contributed by atoms with E-state index in [-0.39, 0.29) is 12.5 Å². The average Bonchev–Trinajstić information content (AvgIpc) is 3.15. The summed E-state index contributed by atoms with van der Waals surface area (Å²) in [5.41, 5.74) is 4.01. The number of anilines is 1. The molecule has 1 aliphatic rings. The molecule has 3 heterocycles. The van der Waals surface area contributed by atoms with Gasteiger partial charge in [-0.25, -0.2) is 9.78 Å². The second kappa shape index (κ2) is 5.84. The van der Waals surface area contributed by atoms with Crippen LogP contribution in [0.4, 0.5) is 5.69 Å². The lowest BCUT2D eigenvalue weighted by Gasteiger charge is -2.26. The number of nitrogens with zero attached hydrogens (tertiary/aromatic N) is 3. The van der Waals surface area contributed by atoms with Gasteiger partial charge >= 0.3 is 5.97 Å². The molecular weight excluding hydrogens is 354 g/mol.